The molecule has 0 spiro atoms. The number of halogens is 2. The molecule has 4 rings (SSSR count). The molecule has 1 fully saturated rings. The number of amides is 3. The number of hydrogen-bond acceptors (Lipinski definition) is 4. The molecule has 1 aliphatic rings. The van der Waals surface area contributed by atoms with Crippen LogP contribution < -0.4 is 10.2 Å². The van der Waals surface area contributed by atoms with Gasteiger partial charge >= 0.3 is 0 Å². The molecule has 3 aromatic carbocycles. The average Bonchev–Trinajstić information content (AvgIpc) is 3.20. The summed E-state index contributed by atoms with van der Waals surface area (Å²) in [6, 6.07) is 16.4. The minimum atomic E-state index is -0.547. The molecule has 7 nitrogen and oxygen atoms in total. The SMILES string of the molecule is CCN(CC)C(=O)c1cc(NC(=O)c2ccc(F)cc2)ccc1N1CCCN(C(=O)c2ccccc2F)CC1. The molecule has 1 saturated heterocycles. The molecule has 0 bridgehead atoms. The van der Waals surface area contributed by atoms with Crippen molar-refractivity contribution < 1.29 is 23.2 Å². The summed E-state index contributed by atoms with van der Waals surface area (Å²) in [5.41, 5.74) is 1.92. The number of nitrogens with one attached hydrogen (secondary N) is 1. The number of nitrogens with zero attached hydrogens (tertiary/aromatic N) is 3. The van der Waals surface area contributed by atoms with Crippen LogP contribution >= 0.6 is 0 Å². The largest absolute Gasteiger partial charge is 0.369 e. The number of benzene rings is 3. The maximum Gasteiger partial charge on any atom is 0.256 e. The lowest BCUT2D eigenvalue weighted by Crippen LogP contribution is -2.36. The average molecular weight is 535 g/mol. The van der Waals surface area contributed by atoms with E-state index in [0.29, 0.717) is 68.2 Å². The Labute approximate surface area is 227 Å². The van der Waals surface area contributed by atoms with Crippen LogP contribution in [0.1, 0.15) is 51.3 Å². The molecule has 1 heterocycles. The van der Waals surface area contributed by atoms with E-state index < -0.39 is 17.5 Å². The van der Waals surface area contributed by atoms with Crippen molar-refractivity contribution in [3.05, 3.63) is 95.1 Å². The standard InChI is InChI=1S/C30H32F2N4O3/c1-3-34(4-2)30(39)25-20-23(33-28(37)21-10-12-22(31)13-11-21)14-15-27(25)35-16-7-17-36(19-18-35)29(38)24-8-5-6-9-26(24)32/h5-6,8-15,20H,3-4,7,16-19H2,1-2H3,(H,33,37). The van der Waals surface area contributed by atoms with Crippen LogP contribution in [0, 0.1) is 11.6 Å². The minimum Gasteiger partial charge on any atom is -0.369 e. The Kier molecular flexibility index (Phi) is 8.91. The molecule has 9 heteroatoms. The number of carbonyl (C=O) groups excluding carboxylic acids is 3. The summed E-state index contributed by atoms with van der Waals surface area (Å²) in [4.78, 5) is 44.6. The van der Waals surface area contributed by atoms with E-state index in [2.05, 4.69) is 10.2 Å². The van der Waals surface area contributed by atoms with Gasteiger partial charge in [0.05, 0.1) is 11.1 Å². The highest BCUT2D eigenvalue weighted by molar-refractivity contribution is 6.06. The molecule has 204 valence electrons. The Morgan fingerprint density at radius 1 is 0.846 bits per heavy atom. The van der Waals surface area contributed by atoms with Crippen molar-refractivity contribution in [3.8, 4) is 0 Å². The van der Waals surface area contributed by atoms with Crippen LogP contribution in [0.15, 0.2) is 66.7 Å². The van der Waals surface area contributed by atoms with Gasteiger partial charge in [0.25, 0.3) is 17.7 Å². The van der Waals surface area contributed by atoms with E-state index in [4.69, 9.17) is 0 Å². The lowest BCUT2D eigenvalue weighted by molar-refractivity contribution is 0.0757. The quantitative estimate of drug-likeness (QED) is 0.461. The summed E-state index contributed by atoms with van der Waals surface area (Å²) >= 11 is 0. The van der Waals surface area contributed by atoms with E-state index in [0.717, 1.165) is 0 Å². The van der Waals surface area contributed by atoms with Crippen LogP contribution in [0.5, 0.6) is 0 Å². The molecule has 1 N–H and O–H groups in total. The number of carbonyl (C=O) groups is 3. The van der Waals surface area contributed by atoms with Gasteiger partial charge in [-0.2, -0.15) is 0 Å². The lowest BCUT2D eigenvalue weighted by atomic mass is 10.1. The van der Waals surface area contributed by atoms with Crippen LogP contribution in [0.25, 0.3) is 0 Å². The molecule has 0 radical (unpaired) electrons. The summed E-state index contributed by atoms with van der Waals surface area (Å²) in [5.74, 6) is -1.92. The van der Waals surface area contributed by atoms with Gasteiger partial charge in [-0.25, -0.2) is 8.78 Å². The van der Waals surface area contributed by atoms with Crippen molar-refractivity contribution in [1.82, 2.24) is 9.80 Å². The third kappa shape index (κ3) is 6.42. The molecule has 0 aliphatic carbocycles. The van der Waals surface area contributed by atoms with Crippen molar-refractivity contribution in [2.75, 3.05) is 49.5 Å². The normalized spacial score (nSPS) is 13.5. The molecule has 0 saturated carbocycles. The predicted octanol–water partition coefficient (Wildman–Crippen LogP) is 5.05. The molecule has 0 aromatic heterocycles. The maximum atomic E-state index is 14.2. The number of hydrogen-bond donors (Lipinski definition) is 1. The highest BCUT2D eigenvalue weighted by Crippen LogP contribution is 2.28. The first kappa shape index (κ1) is 27.8. The smallest absolute Gasteiger partial charge is 0.256 e. The fourth-order valence-corrected chi connectivity index (χ4v) is 4.71. The van der Waals surface area contributed by atoms with Crippen LogP contribution in [-0.2, 0) is 0 Å². The summed E-state index contributed by atoms with van der Waals surface area (Å²) in [7, 11) is 0. The monoisotopic (exact) mass is 534 g/mol. The molecule has 39 heavy (non-hydrogen) atoms. The first-order valence-corrected chi connectivity index (χ1v) is 13.1. The zero-order valence-electron chi connectivity index (χ0n) is 22.1. The fraction of sp³-hybridized carbons (Fsp3) is 0.300. The molecule has 0 unspecified atom stereocenters. The molecular weight excluding hydrogens is 502 g/mol. The van der Waals surface area contributed by atoms with Gasteiger partial charge in [-0.3, -0.25) is 14.4 Å². The van der Waals surface area contributed by atoms with E-state index in [-0.39, 0.29) is 17.4 Å². The van der Waals surface area contributed by atoms with Crippen molar-refractivity contribution in [2.45, 2.75) is 20.3 Å². The Balaban J connectivity index is 1.58. The third-order valence-corrected chi connectivity index (χ3v) is 6.87. The van der Waals surface area contributed by atoms with Crippen LogP contribution in [-0.4, -0.2) is 66.8 Å². The molecule has 3 aromatic rings. The zero-order valence-corrected chi connectivity index (χ0v) is 22.1. The highest BCUT2D eigenvalue weighted by atomic mass is 19.1. The summed E-state index contributed by atoms with van der Waals surface area (Å²) in [6.07, 6.45) is 0.641. The molecule has 3 amide bonds. The molecular formula is C30H32F2N4O3. The summed E-state index contributed by atoms with van der Waals surface area (Å²) < 4.78 is 27.5. The fourth-order valence-electron chi connectivity index (χ4n) is 4.71. The van der Waals surface area contributed by atoms with Gasteiger partial charge in [0.2, 0.25) is 0 Å². The van der Waals surface area contributed by atoms with E-state index in [1.54, 1.807) is 40.1 Å². The van der Waals surface area contributed by atoms with Gasteiger partial charge in [-0.15, -0.1) is 0 Å². The van der Waals surface area contributed by atoms with Gasteiger partial charge in [-0.05, 0) is 74.9 Å². The third-order valence-electron chi connectivity index (χ3n) is 6.87. The van der Waals surface area contributed by atoms with E-state index in [1.165, 1.54) is 36.4 Å². The van der Waals surface area contributed by atoms with Gasteiger partial charge in [0.15, 0.2) is 0 Å². The number of rotatable bonds is 7. The second-order valence-electron chi connectivity index (χ2n) is 9.28. The van der Waals surface area contributed by atoms with Crippen molar-refractivity contribution in [1.29, 1.82) is 0 Å². The molecule has 0 atom stereocenters. The zero-order chi connectivity index (χ0) is 27.9. The van der Waals surface area contributed by atoms with Crippen LogP contribution in [0.2, 0.25) is 0 Å². The Morgan fingerprint density at radius 2 is 1.56 bits per heavy atom. The van der Waals surface area contributed by atoms with E-state index in [9.17, 15) is 23.2 Å². The topological polar surface area (TPSA) is 73.0 Å². The molecule has 1 aliphatic heterocycles. The Morgan fingerprint density at radius 3 is 2.26 bits per heavy atom. The second kappa shape index (κ2) is 12.5. The second-order valence-corrected chi connectivity index (χ2v) is 9.28. The van der Waals surface area contributed by atoms with Crippen molar-refractivity contribution >= 4 is 29.1 Å². The maximum absolute atomic E-state index is 14.2. The first-order valence-electron chi connectivity index (χ1n) is 13.1. The lowest BCUT2D eigenvalue weighted by Gasteiger charge is -2.28. The van der Waals surface area contributed by atoms with Gasteiger partial charge in [-0.1, -0.05) is 12.1 Å². The highest BCUT2D eigenvalue weighted by Gasteiger charge is 2.26. The Bertz CT molecular complexity index is 1340. The van der Waals surface area contributed by atoms with E-state index in [1.807, 2.05) is 13.8 Å². The minimum absolute atomic E-state index is 0.0459. The van der Waals surface area contributed by atoms with Crippen LogP contribution in [0.3, 0.4) is 0 Å². The Hall–Kier alpha value is -4.27. The predicted molar refractivity (Wildman–Crippen MR) is 147 cm³/mol. The van der Waals surface area contributed by atoms with Gasteiger partial charge in [0.1, 0.15) is 11.6 Å². The van der Waals surface area contributed by atoms with Gasteiger partial charge in [0, 0.05) is 56.2 Å². The van der Waals surface area contributed by atoms with E-state index >= 15 is 0 Å². The summed E-state index contributed by atoms with van der Waals surface area (Å²) in [5, 5.41) is 2.80. The van der Waals surface area contributed by atoms with Gasteiger partial charge < -0.3 is 20.0 Å². The summed E-state index contributed by atoms with van der Waals surface area (Å²) in [6.45, 7) is 6.74. The van der Waals surface area contributed by atoms with Crippen molar-refractivity contribution in [2.24, 2.45) is 0 Å². The van der Waals surface area contributed by atoms with Crippen molar-refractivity contribution in [3.63, 3.8) is 0 Å². The van der Waals surface area contributed by atoms with Crippen LogP contribution in [0.4, 0.5) is 20.2 Å². The number of anilines is 2. The first-order chi connectivity index (χ1) is 18.8.